The minimum absolute atomic E-state index is 0.190. The predicted octanol–water partition coefficient (Wildman–Crippen LogP) is 4.20. The molecule has 1 aromatic carbocycles. The van der Waals surface area contributed by atoms with Crippen LogP contribution in [0.3, 0.4) is 0 Å². The van der Waals surface area contributed by atoms with Crippen LogP contribution in [0.4, 0.5) is 0 Å². The van der Waals surface area contributed by atoms with E-state index in [9.17, 15) is 0 Å². The number of benzene rings is 1. The molecule has 0 bridgehead atoms. The van der Waals surface area contributed by atoms with Gasteiger partial charge < -0.3 is 4.74 Å². The van der Waals surface area contributed by atoms with Crippen molar-refractivity contribution in [1.82, 2.24) is 14.6 Å². The Morgan fingerprint density at radius 2 is 2.00 bits per heavy atom. The highest BCUT2D eigenvalue weighted by atomic mass is 32.1. The lowest BCUT2D eigenvalue weighted by atomic mass is 10.1. The summed E-state index contributed by atoms with van der Waals surface area (Å²) in [5.74, 6) is 0.887. The summed E-state index contributed by atoms with van der Waals surface area (Å²) >= 11 is 1.66. The molecule has 2 aromatic heterocycles. The maximum absolute atomic E-state index is 5.66. The second-order valence-electron chi connectivity index (χ2n) is 5.29. The van der Waals surface area contributed by atoms with Crippen LogP contribution in [-0.2, 0) is 6.42 Å². The summed E-state index contributed by atoms with van der Waals surface area (Å²) in [6, 6.07) is 8.05. The summed E-state index contributed by atoms with van der Waals surface area (Å²) in [5.41, 5.74) is 2.04. The van der Waals surface area contributed by atoms with E-state index >= 15 is 0 Å². The molecule has 2 heterocycles. The van der Waals surface area contributed by atoms with Crippen LogP contribution in [0.5, 0.6) is 5.75 Å². The van der Waals surface area contributed by atoms with Gasteiger partial charge in [-0.1, -0.05) is 18.3 Å². The molecule has 0 spiro atoms. The van der Waals surface area contributed by atoms with Gasteiger partial charge in [0.15, 0.2) is 0 Å². The molecule has 0 unspecified atom stereocenters. The molecule has 0 N–H and O–H groups in total. The zero-order valence-electron chi connectivity index (χ0n) is 12.5. The third-order valence-electron chi connectivity index (χ3n) is 3.07. The standard InChI is InChI=1S/C16H19N3OS/c1-4-5-15-18-19-10-14(17-16(19)21-15)12-6-8-13(9-7-12)20-11(2)3/h6-11H,4-5H2,1-3H3. The lowest BCUT2D eigenvalue weighted by Crippen LogP contribution is -2.05. The largest absolute Gasteiger partial charge is 0.491 e. The molecule has 0 atom stereocenters. The smallest absolute Gasteiger partial charge is 0.212 e. The van der Waals surface area contributed by atoms with Crippen molar-refractivity contribution >= 4 is 16.3 Å². The second kappa shape index (κ2) is 5.85. The highest BCUT2D eigenvalue weighted by Gasteiger charge is 2.09. The maximum atomic E-state index is 5.66. The van der Waals surface area contributed by atoms with Crippen molar-refractivity contribution < 1.29 is 4.74 Å². The number of aryl methyl sites for hydroxylation is 1. The van der Waals surface area contributed by atoms with E-state index in [4.69, 9.17) is 4.74 Å². The van der Waals surface area contributed by atoms with Gasteiger partial charge in [-0.2, -0.15) is 5.10 Å². The number of aromatic nitrogens is 3. The first kappa shape index (κ1) is 14.1. The number of hydrogen-bond donors (Lipinski definition) is 0. The van der Waals surface area contributed by atoms with Crippen molar-refractivity contribution in [2.24, 2.45) is 0 Å². The van der Waals surface area contributed by atoms with Gasteiger partial charge in [-0.05, 0) is 44.5 Å². The van der Waals surface area contributed by atoms with E-state index in [-0.39, 0.29) is 6.10 Å². The zero-order chi connectivity index (χ0) is 14.8. The Kier molecular flexibility index (Phi) is 3.92. The van der Waals surface area contributed by atoms with Gasteiger partial charge >= 0.3 is 0 Å². The first-order valence-corrected chi connectivity index (χ1v) is 8.09. The summed E-state index contributed by atoms with van der Waals surface area (Å²) in [7, 11) is 0. The third kappa shape index (κ3) is 3.08. The fourth-order valence-corrected chi connectivity index (χ4v) is 3.15. The Morgan fingerprint density at radius 1 is 1.24 bits per heavy atom. The normalized spacial score (nSPS) is 11.4. The van der Waals surface area contributed by atoms with E-state index in [1.807, 2.05) is 48.8 Å². The first-order chi connectivity index (χ1) is 10.2. The molecule has 110 valence electrons. The van der Waals surface area contributed by atoms with Gasteiger partial charge in [0.2, 0.25) is 4.96 Å². The van der Waals surface area contributed by atoms with Crippen molar-refractivity contribution in [3.05, 3.63) is 35.5 Å². The molecule has 0 aliphatic heterocycles. The Labute approximate surface area is 128 Å². The molecule has 0 aliphatic rings. The number of ether oxygens (including phenoxy) is 1. The minimum Gasteiger partial charge on any atom is -0.491 e. The van der Waals surface area contributed by atoms with E-state index < -0.39 is 0 Å². The second-order valence-corrected chi connectivity index (χ2v) is 6.33. The molecule has 0 saturated carbocycles. The van der Waals surface area contributed by atoms with Crippen LogP contribution in [0, 0.1) is 0 Å². The molecular weight excluding hydrogens is 282 g/mol. The molecule has 0 fully saturated rings. The van der Waals surface area contributed by atoms with Crippen LogP contribution in [0.15, 0.2) is 30.5 Å². The van der Waals surface area contributed by atoms with Gasteiger partial charge in [-0.3, -0.25) is 0 Å². The number of imidazole rings is 1. The average molecular weight is 301 g/mol. The lowest BCUT2D eigenvalue weighted by molar-refractivity contribution is 0.242. The van der Waals surface area contributed by atoms with Crippen LogP contribution < -0.4 is 4.74 Å². The van der Waals surface area contributed by atoms with Gasteiger partial charge in [0.25, 0.3) is 0 Å². The Hall–Kier alpha value is -1.88. The van der Waals surface area contributed by atoms with Crippen molar-refractivity contribution in [2.75, 3.05) is 0 Å². The van der Waals surface area contributed by atoms with Crippen molar-refractivity contribution in [3.8, 4) is 17.0 Å². The minimum atomic E-state index is 0.190. The summed E-state index contributed by atoms with van der Waals surface area (Å²) < 4.78 is 7.53. The SMILES string of the molecule is CCCc1nn2cc(-c3ccc(OC(C)C)cc3)nc2s1. The van der Waals surface area contributed by atoms with Crippen LogP contribution in [-0.4, -0.2) is 20.7 Å². The molecule has 0 radical (unpaired) electrons. The fourth-order valence-electron chi connectivity index (χ4n) is 2.17. The van der Waals surface area contributed by atoms with Gasteiger partial charge in [0, 0.05) is 12.0 Å². The molecule has 3 rings (SSSR count). The third-order valence-corrected chi connectivity index (χ3v) is 4.05. The van der Waals surface area contributed by atoms with Crippen molar-refractivity contribution in [2.45, 2.75) is 39.7 Å². The molecule has 4 nitrogen and oxygen atoms in total. The molecular formula is C16H19N3OS. The molecule has 0 aliphatic carbocycles. The number of hydrogen-bond acceptors (Lipinski definition) is 4. The summed E-state index contributed by atoms with van der Waals surface area (Å²) in [4.78, 5) is 5.61. The predicted molar refractivity (Wildman–Crippen MR) is 86.1 cm³/mol. The van der Waals surface area contributed by atoms with E-state index in [0.29, 0.717) is 0 Å². The molecule has 0 amide bonds. The van der Waals surface area contributed by atoms with Crippen molar-refractivity contribution in [1.29, 1.82) is 0 Å². The van der Waals surface area contributed by atoms with Crippen LogP contribution in [0.2, 0.25) is 0 Å². The Bertz CT molecular complexity index is 696. The lowest BCUT2D eigenvalue weighted by Gasteiger charge is -2.09. The summed E-state index contributed by atoms with van der Waals surface area (Å²) in [6.45, 7) is 6.21. The summed E-state index contributed by atoms with van der Waals surface area (Å²) in [6.07, 6.45) is 4.31. The molecule has 3 aromatic rings. The fraction of sp³-hybridized carbons (Fsp3) is 0.375. The van der Waals surface area contributed by atoms with E-state index in [2.05, 4.69) is 17.0 Å². The number of rotatable bonds is 5. The van der Waals surface area contributed by atoms with Crippen LogP contribution >= 0.6 is 11.3 Å². The van der Waals surface area contributed by atoms with Gasteiger partial charge in [0.05, 0.1) is 18.0 Å². The molecule has 21 heavy (non-hydrogen) atoms. The van der Waals surface area contributed by atoms with Gasteiger partial charge in [0.1, 0.15) is 10.8 Å². The van der Waals surface area contributed by atoms with Crippen molar-refractivity contribution in [3.63, 3.8) is 0 Å². The number of fused-ring (bicyclic) bond motifs is 1. The average Bonchev–Trinajstić information content (AvgIpc) is 2.97. The topological polar surface area (TPSA) is 39.4 Å². The van der Waals surface area contributed by atoms with E-state index in [1.54, 1.807) is 11.3 Å². The number of nitrogens with zero attached hydrogens (tertiary/aromatic N) is 3. The van der Waals surface area contributed by atoms with Gasteiger partial charge in [-0.25, -0.2) is 9.50 Å². The molecule has 0 saturated heterocycles. The van der Waals surface area contributed by atoms with Crippen LogP contribution in [0.25, 0.3) is 16.2 Å². The van der Waals surface area contributed by atoms with Crippen LogP contribution in [0.1, 0.15) is 32.2 Å². The zero-order valence-corrected chi connectivity index (χ0v) is 13.4. The highest BCUT2D eigenvalue weighted by molar-refractivity contribution is 7.16. The first-order valence-electron chi connectivity index (χ1n) is 7.28. The van der Waals surface area contributed by atoms with E-state index in [0.717, 1.165) is 39.8 Å². The monoisotopic (exact) mass is 301 g/mol. The van der Waals surface area contributed by atoms with E-state index in [1.165, 1.54) is 0 Å². The Morgan fingerprint density at radius 3 is 2.62 bits per heavy atom. The quantitative estimate of drug-likeness (QED) is 0.709. The van der Waals surface area contributed by atoms with Gasteiger partial charge in [-0.15, -0.1) is 0 Å². The Balaban J connectivity index is 1.84. The maximum Gasteiger partial charge on any atom is 0.212 e. The molecule has 5 heteroatoms. The summed E-state index contributed by atoms with van der Waals surface area (Å²) in [5, 5.41) is 5.70. The highest BCUT2D eigenvalue weighted by Crippen LogP contribution is 2.25.